The first kappa shape index (κ1) is 21.4. The van der Waals surface area contributed by atoms with Gasteiger partial charge in [0.2, 0.25) is 5.91 Å². The van der Waals surface area contributed by atoms with Crippen LogP contribution in [0.5, 0.6) is 5.75 Å². The number of benzene rings is 2. The number of carboxylic acids is 1. The van der Waals surface area contributed by atoms with E-state index in [4.69, 9.17) is 4.74 Å². The number of methoxy groups -OCH3 is 1. The van der Waals surface area contributed by atoms with Gasteiger partial charge >= 0.3 is 0 Å². The van der Waals surface area contributed by atoms with Crippen LogP contribution in [0.25, 0.3) is 0 Å². The fourth-order valence-corrected chi connectivity index (χ4v) is 2.52. The third-order valence-electron chi connectivity index (χ3n) is 3.95. The molecule has 0 aromatic heterocycles. The van der Waals surface area contributed by atoms with Crippen LogP contribution < -0.4 is 20.5 Å². The Balaban J connectivity index is 2.16. The van der Waals surface area contributed by atoms with Gasteiger partial charge in [-0.25, -0.2) is 0 Å². The van der Waals surface area contributed by atoms with Gasteiger partial charge in [0.1, 0.15) is 5.75 Å². The van der Waals surface area contributed by atoms with Gasteiger partial charge in [-0.15, -0.1) is 0 Å². The molecule has 2 rings (SSSR count). The van der Waals surface area contributed by atoms with Crippen molar-refractivity contribution in [3.63, 3.8) is 0 Å². The van der Waals surface area contributed by atoms with Crippen LogP contribution >= 0.6 is 0 Å². The number of rotatable bonds is 9. The zero-order chi connectivity index (χ0) is 21.6. The summed E-state index contributed by atoms with van der Waals surface area (Å²) in [5, 5.41) is 27.5. The van der Waals surface area contributed by atoms with Crippen LogP contribution in [0.3, 0.4) is 0 Å². The molecule has 0 saturated heterocycles. The molecule has 1 atom stereocenters. The van der Waals surface area contributed by atoms with E-state index in [0.29, 0.717) is 11.3 Å². The fourth-order valence-electron chi connectivity index (χ4n) is 2.52. The topological polar surface area (TPSA) is 151 Å². The molecule has 0 bridgehead atoms. The Morgan fingerprint density at radius 1 is 1.17 bits per heavy atom. The van der Waals surface area contributed by atoms with Crippen molar-refractivity contribution < 1.29 is 29.2 Å². The summed E-state index contributed by atoms with van der Waals surface area (Å²) in [4.78, 5) is 45.5. The number of hydrogen-bond acceptors (Lipinski definition) is 8. The van der Waals surface area contributed by atoms with Crippen molar-refractivity contribution in [2.45, 2.75) is 19.4 Å². The van der Waals surface area contributed by atoms with Crippen molar-refractivity contribution in [3.8, 4) is 5.75 Å². The van der Waals surface area contributed by atoms with E-state index < -0.39 is 29.3 Å². The summed E-state index contributed by atoms with van der Waals surface area (Å²) in [7, 11) is 1.31. The van der Waals surface area contributed by atoms with Crippen molar-refractivity contribution in [1.29, 1.82) is 0 Å². The molecule has 29 heavy (non-hydrogen) atoms. The van der Waals surface area contributed by atoms with E-state index in [1.54, 1.807) is 18.2 Å². The number of anilines is 2. The lowest BCUT2D eigenvalue weighted by atomic mass is 10.1. The zero-order valence-electron chi connectivity index (χ0n) is 15.6. The van der Waals surface area contributed by atoms with Crippen LogP contribution in [-0.4, -0.2) is 35.7 Å². The lowest BCUT2D eigenvalue weighted by molar-refractivity contribution is -0.384. The number of carbonyl (C=O) groups is 3. The standard InChI is InChI=1S/C19H19N3O7/c1-11(23)12-4-3-5-13(8-12)20-18(24)10-16(19(25)26)21-15-9-14(22(27)28)6-7-17(15)29-2/h3-9,16,21H,10H2,1-2H3,(H,20,24)(H,25,26)/p-1/t16-/m1/s1. The van der Waals surface area contributed by atoms with Gasteiger partial charge in [0.25, 0.3) is 5.69 Å². The van der Waals surface area contributed by atoms with Crippen molar-refractivity contribution in [2.75, 3.05) is 17.7 Å². The quantitative estimate of drug-likeness (QED) is 0.364. The smallest absolute Gasteiger partial charge is 0.271 e. The molecule has 0 heterocycles. The van der Waals surface area contributed by atoms with E-state index in [1.165, 1.54) is 32.2 Å². The minimum Gasteiger partial charge on any atom is -0.548 e. The largest absolute Gasteiger partial charge is 0.548 e. The maximum atomic E-state index is 12.3. The van der Waals surface area contributed by atoms with E-state index in [9.17, 15) is 29.6 Å². The summed E-state index contributed by atoms with van der Waals surface area (Å²) in [6.45, 7) is 1.38. The monoisotopic (exact) mass is 400 g/mol. The molecule has 0 unspecified atom stereocenters. The SMILES string of the molecule is COc1ccc([N+](=O)[O-])cc1N[C@H](CC(=O)Nc1cccc(C(C)=O)c1)C(=O)[O-]. The number of ketones is 1. The van der Waals surface area contributed by atoms with Crippen LogP contribution in [0.2, 0.25) is 0 Å². The lowest BCUT2D eigenvalue weighted by Crippen LogP contribution is -2.43. The van der Waals surface area contributed by atoms with Crippen molar-refractivity contribution in [2.24, 2.45) is 0 Å². The summed E-state index contributed by atoms with van der Waals surface area (Å²) >= 11 is 0. The molecule has 0 saturated carbocycles. The molecule has 0 radical (unpaired) electrons. The third kappa shape index (κ3) is 5.76. The average molecular weight is 400 g/mol. The van der Waals surface area contributed by atoms with Crippen molar-refractivity contribution >= 4 is 34.7 Å². The Hall–Kier alpha value is -3.95. The number of amides is 1. The van der Waals surface area contributed by atoms with Gasteiger partial charge in [-0.2, -0.15) is 0 Å². The first-order valence-electron chi connectivity index (χ1n) is 8.42. The molecule has 0 fully saturated rings. The molecule has 2 aromatic carbocycles. The minimum atomic E-state index is -1.58. The molecule has 2 N–H and O–H groups in total. The predicted octanol–water partition coefficient (Wildman–Crippen LogP) is 1.37. The molecule has 0 aliphatic carbocycles. The number of hydrogen-bond donors (Lipinski definition) is 2. The van der Waals surface area contributed by atoms with E-state index in [2.05, 4.69) is 10.6 Å². The summed E-state index contributed by atoms with van der Waals surface area (Å²) < 4.78 is 5.07. The van der Waals surface area contributed by atoms with Crippen molar-refractivity contribution in [3.05, 3.63) is 58.1 Å². The molecular weight excluding hydrogens is 382 g/mol. The second-order valence-corrected chi connectivity index (χ2v) is 6.05. The predicted molar refractivity (Wildman–Crippen MR) is 102 cm³/mol. The van der Waals surface area contributed by atoms with Gasteiger partial charge in [-0.3, -0.25) is 19.7 Å². The fraction of sp³-hybridized carbons (Fsp3) is 0.211. The Morgan fingerprint density at radius 2 is 1.90 bits per heavy atom. The van der Waals surface area contributed by atoms with E-state index in [0.717, 1.165) is 6.07 Å². The van der Waals surface area contributed by atoms with Gasteiger partial charge in [-0.1, -0.05) is 12.1 Å². The number of Topliss-reactive ketones (excluding diaryl/α,β-unsaturated/α-hetero) is 1. The summed E-state index contributed by atoms with van der Waals surface area (Å²) in [5.41, 5.74) is 0.463. The van der Waals surface area contributed by atoms with E-state index >= 15 is 0 Å². The highest BCUT2D eigenvalue weighted by Gasteiger charge is 2.19. The van der Waals surface area contributed by atoms with Crippen LogP contribution in [0.1, 0.15) is 23.7 Å². The third-order valence-corrected chi connectivity index (χ3v) is 3.95. The van der Waals surface area contributed by atoms with Gasteiger partial charge in [0.15, 0.2) is 5.78 Å². The maximum Gasteiger partial charge on any atom is 0.271 e. The Bertz CT molecular complexity index is 959. The second kappa shape index (κ2) is 9.31. The number of non-ortho nitro benzene ring substituents is 1. The van der Waals surface area contributed by atoms with Crippen LogP contribution in [0.15, 0.2) is 42.5 Å². The van der Waals surface area contributed by atoms with Gasteiger partial charge < -0.3 is 25.3 Å². The van der Waals surface area contributed by atoms with E-state index in [-0.39, 0.29) is 22.9 Å². The number of nitrogens with one attached hydrogen (secondary N) is 2. The van der Waals surface area contributed by atoms with Crippen LogP contribution in [-0.2, 0) is 9.59 Å². The average Bonchev–Trinajstić information content (AvgIpc) is 2.67. The first-order chi connectivity index (χ1) is 13.7. The molecule has 10 heteroatoms. The molecule has 2 aromatic rings. The van der Waals surface area contributed by atoms with Gasteiger partial charge in [0, 0.05) is 23.4 Å². The molecule has 152 valence electrons. The number of nitro benzene ring substituents is 1. The zero-order valence-corrected chi connectivity index (χ0v) is 15.6. The Morgan fingerprint density at radius 3 is 2.48 bits per heavy atom. The first-order valence-corrected chi connectivity index (χ1v) is 8.42. The minimum absolute atomic E-state index is 0.0299. The summed E-state index contributed by atoms with van der Waals surface area (Å²) in [6.07, 6.45) is -0.529. The molecular formula is C19H18N3O7-. The van der Waals surface area contributed by atoms with Crippen LogP contribution in [0.4, 0.5) is 17.1 Å². The highest BCUT2D eigenvalue weighted by Crippen LogP contribution is 2.29. The molecule has 0 aliphatic heterocycles. The number of ether oxygens (including phenoxy) is 1. The number of carbonyl (C=O) groups excluding carboxylic acids is 3. The molecule has 1 amide bonds. The maximum absolute atomic E-state index is 12.3. The normalized spacial score (nSPS) is 11.2. The van der Waals surface area contributed by atoms with E-state index in [1.807, 2.05) is 0 Å². The van der Waals surface area contributed by atoms with Crippen LogP contribution in [0, 0.1) is 10.1 Å². The highest BCUT2D eigenvalue weighted by atomic mass is 16.6. The van der Waals surface area contributed by atoms with Crippen molar-refractivity contribution in [1.82, 2.24) is 0 Å². The summed E-state index contributed by atoms with van der Waals surface area (Å²) in [5.74, 6) is -2.26. The Labute approximate surface area is 165 Å². The second-order valence-electron chi connectivity index (χ2n) is 6.05. The number of nitro groups is 1. The summed E-state index contributed by atoms with van der Waals surface area (Å²) in [6, 6.07) is 8.30. The van der Waals surface area contributed by atoms with Gasteiger partial charge in [0.05, 0.1) is 36.2 Å². The molecule has 0 spiro atoms. The molecule has 10 nitrogen and oxygen atoms in total. The number of aliphatic carboxylic acids is 1. The highest BCUT2D eigenvalue weighted by molar-refractivity contribution is 5.98. The lowest BCUT2D eigenvalue weighted by Gasteiger charge is -2.21. The number of carboxylic acid groups (broad SMARTS) is 1. The number of nitrogens with zero attached hydrogens (tertiary/aromatic N) is 1. The van der Waals surface area contributed by atoms with Gasteiger partial charge in [-0.05, 0) is 25.1 Å². The molecule has 0 aliphatic rings. The Kier molecular flexibility index (Phi) is 6.85.